The Morgan fingerprint density at radius 2 is 0.967 bits per heavy atom. The summed E-state index contributed by atoms with van der Waals surface area (Å²) in [5, 5.41) is 28.7. The summed E-state index contributed by atoms with van der Waals surface area (Å²) in [5.41, 5.74) is 1.43. The van der Waals surface area contributed by atoms with Crippen LogP contribution < -0.4 is 21.3 Å². The van der Waals surface area contributed by atoms with Gasteiger partial charge in [-0.25, -0.2) is 4.79 Å². The number of hydrogen-bond acceptors (Lipinski definition) is 11. The monoisotopic (exact) mass is 850 g/mol. The Balaban J connectivity index is 1.91. The van der Waals surface area contributed by atoms with Crippen molar-refractivity contribution in [2.45, 2.75) is 128 Å². The Labute approximate surface area is 354 Å². The van der Waals surface area contributed by atoms with Crippen LogP contribution in [0.25, 0.3) is 0 Å². The third-order valence-corrected chi connectivity index (χ3v) is 9.29. The van der Waals surface area contributed by atoms with Crippen molar-refractivity contribution in [3.8, 4) is 0 Å². The molecule has 0 spiro atoms. The number of carboxylic acid groups (broad SMARTS) is 2. The molecule has 0 saturated carbocycles. The van der Waals surface area contributed by atoms with Crippen LogP contribution in [0, 0.1) is 0 Å². The van der Waals surface area contributed by atoms with Gasteiger partial charge in [0.1, 0.15) is 25.5 Å². The number of hydrogen-bond donors (Lipinski definition) is 6. The van der Waals surface area contributed by atoms with Crippen LogP contribution >= 0.6 is 0 Å². The molecule has 0 aliphatic carbocycles. The molecule has 17 heteroatoms. The normalized spacial score (nSPS) is 11.4. The first kappa shape index (κ1) is 53.6. The maximum Gasteiger partial charge on any atom is 0.326 e. The average Bonchev–Trinajstić information content (AvgIpc) is 3.23. The molecule has 0 aliphatic rings. The topological polar surface area (TPSA) is 245 Å². The molecule has 17 nitrogen and oxygen atoms in total. The predicted molar refractivity (Wildman–Crippen MR) is 223 cm³/mol. The number of carboxylic acids is 2. The maximum absolute atomic E-state index is 12.3. The quantitative estimate of drug-likeness (QED) is 0.0402. The maximum atomic E-state index is 12.3. The van der Waals surface area contributed by atoms with E-state index in [2.05, 4.69) is 21.3 Å². The molecular weight excluding hydrogens is 780 g/mol. The van der Waals surface area contributed by atoms with E-state index in [4.69, 9.17) is 24.1 Å². The summed E-state index contributed by atoms with van der Waals surface area (Å²) in [6, 6.07) is 5.73. The van der Waals surface area contributed by atoms with Gasteiger partial charge in [-0.1, -0.05) is 101 Å². The van der Waals surface area contributed by atoms with E-state index in [-0.39, 0.29) is 115 Å². The second-order valence-corrected chi connectivity index (χ2v) is 14.5. The summed E-state index contributed by atoms with van der Waals surface area (Å²) < 4.78 is 21.3. The molecule has 1 rings (SSSR count). The van der Waals surface area contributed by atoms with E-state index in [0.717, 1.165) is 50.4 Å². The van der Waals surface area contributed by atoms with Crippen molar-refractivity contribution in [2.75, 3.05) is 65.9 Å². The summed E-state index contributed by atoms with van der Waals surface area (Å²) in [4.78, 5) is 81.1. The third kappa shape index (κ3) is 33.4. The lowest BCUT2D eigenvalue weighted by Crippen LogP contribution is -2.41. The van der Waals surface area contributed by atoms with Gasteiger partial charge in [-0.2, -0.15) is 0 Å². The van der Waals surface area contributed by atoms with Gasteiger partial charge in [-0.3, -0.25) is 28.8 Å². The van der Waals surface area contributed by atoms with Crippen LogP contribution in [0.4, 0.5) is 0 Å². The third-order valence-electron chi connectivity index (χ3n) is 9.29. The Kier molecular flexibility index (Phi) is 33.5. The van der Waals surface area contributed by atoms with Gasteiger partial charge in [0.25, 0.3) is 0 Å². The van der Waals surface area contributed by atoms with Gasteiger partial charge in [0.05, 0.1) is 39.6 Å². The molecule has 6 N–H and O–H groups in total. The van der Waals surface area contributed by atoms with E-state index in [9.17, 15) is 38.7 Å². The van der Waals surface area contributed by atoms with Crippen LogP contribution in [0.2, 0.25) is 0 Å². The van der Waals surface area contributed by atoms with Gasteiger partial charge in [0.2, 0.25) is 23.6 Å². The second kappa shape index (κ2) is 37.5. The lowest BCUT2D eigenvalue weighted by Gasteiger charge is -2.14. The van der Waals surface area contributed by atoms with E-state index in [1.165, 1.54) is 44.9 Å². The molecule has 0 unspecified atom stereocenters. The molecule has 0 aromatic heterocycles. The fraction of sp³-hybridized carbons (Fsp3) is 0.698. The molecule has 1 aromatic rings. The van der Waals surface area contributed by atoms with Crippen molar-refractivity contribution in [2.24, 2.45) is 0 Å². The number of rotatable bonds is 41. The molecule has 1 atom stereocenters. The van der Waals surface area contributed by atoms with Crippen molar-refractivity contribution in [3.05, 3.63) is 35.4 Å². The summed E-state index contributed by atoms with van der Waals surface area (Å²) in [7, 11) is 0. The molecule has 60 heavy (non-hydrogen) atoms. The van der Waals surface area contributed by atoms with Gasteiger partial charge < -0.3 is 50.4 Å². The summed E-state index contributed by atoms with van der Waals surface area (Å²) in [5.74, 6) is -3.19. The molecule has 4 amide bonds. The Bertz CT molecular complexity index is 1350. The minimum absolute atomic E-state index is 0.0276. The number of unbranched alkanes of at least 4 members (excludes halogenated alkanes) is 13. The molecule has 0 aliphatic heterocycles. The first-order valence-electron chi connectivity index (χ1n) is 21.5. The highest BCUT2D eigenvalue weighted by Gasteiger charge is 2.20. The summed E-state index contributed by atoms with van der Waals surface area (Å²) in [6.45, 7) is 1.80. The summed E-state index contributed by atoms with van der Waals surface area (Å²) in [6.07, 6.45) is 16.2. The van der Waals surface area contributed by atoms with E-state index < -0.39 is 18.0 Å². The van der Waals surface area contributed by atoms with Crippen LogP contribution in [0.3, 0.4) is 0 Å². The predicted octanol–water partition coefficient (Wildman–Crippen LogP) is 4.09. The van der Waals surface area contributed by atoms with Crippen molar-refractivity contribution < 1.29 is 62.7 Å². The Morgan fingerprint density at radius 3 is 1.45 bits per heavy atom. The van der Waals surface area contributed by atoms with Crippen molar-refractivity contribution in [1.82, 2.24) is 21.3 Å². The molecule has 0 radical (unpaired) electrons. The lowest BCUT2D eigenvalue weighted by molar-refractivity contribution is -0.142. The highest BCUT2D eigenvalue weighted by Crippen LogP contribution is 2.14. The van der Waals surface area contributed by atoms with Crippen molar-refractivity contribution in [3.63, 3.8) is 0 Å². The van der Waals surface area contributed by atoms with Crippen molar-refractivity contribution >= 4 is 41.9 Å². The SMILES string of the molecule is O=Cc1ccc(CNC(=O)COCCOCCNC(=O)COCCOCCNC(=O)CC[C@H](NC(=O)CCCCCCCCCCCCCCCCC(=O)O)C(=O)O)cc1. The highest BCUT2D eigenvalue weighted by atomic mass is 16.5. The van der Waals surface area contributed by atoms with Gasteiger partial charge in [-0.05, 0) is 24.8 Å². The van der Waals surface area contributed by atoms with Gasteiger partial charge in [0, 0.05) is 44.5 Å². The number of aliphatic carboxylic acids is 2. The van der Waals surface area contributed by atoms with E-state index in [1.807, 2.05) is 0 Å². The van der Waals surface area contributed by atoms with Crippen LogP contribution in [0.5, 0.6) is 0 Å². The fourth-order valence-electron chi connectivity index (χ4n) is 5.88. The van der Waals surface area contributed by atoms with Crippen LogP contribution in [-0.4, -0.2) is 124 Å². The molecule has 340 valence electrons. The standard InChI is InChI=1S/C43H70N4O13/c48-32-36-19-17-35(18-20-36)31-46-41(52)34-60-30-28-58-26-24-45-40(51)33-59-29-27-57-25-23-44-38(49)22-21-37(43(55)56)47-39(50)15-13-11-9-7-5-3-1-2-4-6-8-10-12-14-16-42(53)54/h17-20,32,37H,1-16,21-31,33-34H2,(H,44,49)(H,45,51)(H,46,52)(H,47,50)(H,53,54)(H,55,56)/t37-/m0/s1. The Hall–Kier alpha value is -4.45. The summed E-state index contributed by atoms with van der Waals surface area (Å²) >= 11 is 0. The first-order valence-corrected chi connectivity index (χ1v) is 21.5. The van der Waals surface area contributed by atoms with Gasteiger partial charge in [0.15, 0.2) is 0 Å². The smallest absolute Gasteiger partial charge is 0.326 e. The van der Waals surface area contributed by atoms with E-state index >= 15 is 0 Å². The number of carbonyl (C=O) groups excluding carboxylic acids is 5. The lowest BCUT2D eigenvalue weighted by atomic mass is 10.0. The number of carbonyl (C=O) groups is 7. The zero-order valence-corrected chi connectivity index (χ0v) is 35.4. The van der Waals surface area contributed by atoms with Crippen molar-refractivity contribution in [1.29, 1.82) is 0 Å². The molecule has 0 saturated heterocycles. The number of benzene rings is 1. The number of nitrogens with one attached hydrogen (secondary N) is 4. The molecule has 1 aromatic carbocycles. The zero-order valence-electron chi connectivity index (χ0n) is 35.4. The second-order valence-electron chi connectivity index (χ2n) is 14.5. The zero-order chi connectivity index (χ0) is 43.9. The Morgan fingerprint density at radius 1 is 0.517 bits per heavy atom. The number of amides is 4. The van der Waals surface area contributed by atoms with Crippen LogP contribution in [-0.2, 0) is 54.3 Å². The minimum Gasteiger partial charge on any atom is -0.481 e. The fourth-order valence-corrected chi connectivity index (χ4v) is 5.88. The first-order chi connectivity index (χ1) is 29.1. The van der Waals surface area contributed by atoms with E-state index in [1.54, 1.807) is 24.3 Å². The van der Waals surface area contributed by atoms with Gasteiger partial charge in [-0.15, -0.1) is 0 Å². The largest absolute Gasteiger partial charge is 0.481 e. The van der Waals surface area contributed by atoms with Crippen LogP contribution in [0.15, 0.2) is 24.3 Å². The minimum atomic E-state index is -1.18. The molecule has 0 heterocycles. The average molecular weight is 851 g/mol. The molecule has 0 fully saturated rings. The van der Waals surface area contributed by atoms with E-state index in [0.29, 0.717) is 18.5 Å². The molecule has 0 bridgehead atoms. The highest BCUT2D eigenvalue weighted by molar-refractivity contribution is 5.84. The van der Waals surface area contributed by atoms with Gasteiger partial charge >= 0.3 is 11.9 Å². The van der Waals surface area contributed by atoms with Crippen LogP contribution in [0.1, 0.15) is 131 Å². The molecular formula is C43H70N4O13. The number of ether oxygens (including phenoxy) is 4. The number of aldehydes is 1.